The van der Waals surface area contributed by atoms with Gasteiger partial charge in [-0.15, -0.1) is 0 Å². The maximum atomic E-state index is 13.0. The first-order valence-corrected chi connectivity index (χ1v) is 10.3. The van der Waals surface area contributed by atoms with E-state index in [1.807, 2.05) is 62.5 Å². The minimum absolute atomic E-state index is 0.0806. The zero-order valence-corrected chi connectivity index (χ0v) is 17.4. The second-order valence-corrected chi connectivity index (χ2v) is 7.93. The molecule has 3 aromatic heterocycles. The normalized spacial score (nSPS) is 11.4. The Balaban J connectivity index is 1.56. The molecule has 0 fully saturated rings. The Hall–Kier alpha value is -2.80. The molecule has 4 rings (SSSR count). The van der Waals surface area contributed by atoms with Crippen molar-refractivity contribution in [1.29, 1.82) is 0 Å². The number of amides is 1. The van der Waals surface area contributed by atoms with E-state index in [-0.39, 0.29) is 5.91 Å². The van der Waals surface area contributed by atoms with E-state index in [0.29, 0.717) is 19.4 Å². The van der Waals surface area contributed by atoms with E-state index in [2.05, 4.69) is 15.1 Å². The molecular weight excluding hydrogens is 370 g/mol. The van der Waals surface area contributed by atoms with Gasteiger partial charge in [0.25, 0.3) is 0 Å². The summed E-state index contributed by atoms with van der Waals surface area (Å²) in [5.41, 5.74) is 5.82. The number of para-hydroxylation sites is 1. The highest BCUT2D eigenvalue weighted by Crippen LogP contribution is 2.29. The molecule has 1 aromatic carbocycles. The van der Waals surface area contributed by atoms with Crippen molar-refractivity contribution in [2.45, 2.75) is 40.5 Å². The fourth-order valence-corrected chi connectivity index (χ4v) is 4.61. The quantitative estimate of drug-likeness (QED) is 0.508. The average molecular weight is 394 g/mol. The third-order valence-corrected chi connectivity index (χ3v) is 6.07. The molecule has 0 unspecified atom stereocenters. The molecule has 28 heavy (non-hydrogen) atoms. The zero-order chi connectivity index (χ0) is 19.8. The number of benzene rings is 1. The molecule has 0 saturated carbocycles. The van der Waals surface area contributed by atoms with E-state index in [9.17, 15) is 4.79 Å². The lowest BCUT2D eigenvalue weighted by molar-refractivity contribution is -0.118. The third kappa shape index (κ3) is 3.26. The average Bonchev–Trinajstić information content (AvgIpc) is 3.25. The second kappa shape index (κ2) is 7.31. The Labute approximate surface area is 167 Å². The van der Waals surface area contributed by atoms with Crippen molar-refractivity contribution >= 4 is 38.2 Å². The maximum absolute atomic E-state index is 13.0. The van der Waals surface area contributed by atoms with Gasteiger partial charge in [0.1, 0.15) is 0 Å². The number of carbonyl (C=O) groups is 1. The number of thiazole rings is 1. The van der Waals surface area contributed by atoms with Gasteiger partial charge in [0.05, 0.1) is 15.9 Å². The summed E-state index contributed by atoms with van der Waals surface area (Å²) in [6.07, 6.45) is 1.05. The van der Waals surface area contributed by atoms with Crippen molar-refractivity contribution in [3.05, 3.63) is 53.0 Å². The number of rotatable bonds is 5. The molecule has 0 aliphatic rings. The molecule has 144 valence electrons. The van der Waals surface area contributed by atoms with Gasteiger partial charge in [-0.05, 0) is 51.8 Å². The number of hydrogen-bond donors (Lipinski definition) is 0. The van der Waals surface area contributed by atoms with Crippen LogP contribution in [0.25, 0.3) is 15.9 Å². The Kier molecular flexibility index (Phi) is 4.85. The predicted molar refractivity (Wildman–Crippen MR) is 113 cm³/mol. The number of fused-ring (bicyclic) bond motifs is 2. The van der Waals surface area contributed by atoms with E-state index < -0.39 is 0 Å². The molecule has 0 aliphatic carbocycles. The summed E-state index contributed by atoms with van der Waals surface area (Å²) in [7, 11) is 0. The molecule has 6 nitrogen and oxygen atoms in total. The van der Waals surface area contributed by atoms with Crippen molar-refractivity contribution in [3.8, 4) is 0 Å². The maximum Gasteiger partial charge on any atom is 0.229 e. The smallest absolute Gasteiger partial charge is 0.229 e. The van der Waals surface area contributed by atoms with Gasteiger partial charge in [-0.25, -0.2) is 14.5 Å². The van der Waals surface area contributed by atoms with Crippen LogP contribution in [0.1, 0.15) is 36.0 Å². The molecule has 7 heteroatoms. The van der Waals surface area contributed by atoms with Crippen LogP contribution in [0.4, 0.5) is 5.13 Å². The van der Waals surface area contributed by atoms with Crippen LogP contribution in [-0.4, -0.2) is 32.0 Å². The van der Waals surface area contributed by atoms with Gasteiger partial charge < -0.3 is 0 Å². The number of carbonyl (C=O) groups excluding carboxylic acids is 1. The van der Waals surface area contributed by atoms with Crippen LogP contribution in [0.2, 0.25) is 0 Å². The Morgan fingerprint density at radius 1 is 1.18 bits per heavy atom. The van der Waals surface area contributed by atoms with Crippen LogP contribution in [-0.2, 0) is 11.2 Å². The third-order valence-electron chi connectivity index (χ3n) is 5.01. The highest BCUT2D eigenvalue weighted by atomic mass is 32.1. The Morgan fingerprint density at radius 3 is 2.71 bits per heavy atom. The van der Waals surface area contributed by atoms with E-state index in [0.717, 1.165) is 43.6 Å². The summed E-state index contributed by atoms with van der Waals surface area (Å²) in [6.45, 7) is 8.59. The second-order valence-electron chi connectivity index (χ2n) is 6.92. The minimum atomic E-state index is 0.0806. The predicted octanol–water partition coefficient (Wildman–Crippen LogP) is 4.25. The van der Waals surface area contributed by atoms with Crippen LogP contribution >= 0.6 is 11.3 Å². The first kappa shape index (κ1) is 18.6. The topological polar surface area (TPSA) is 63.4 Å². The molecule has 0 N–H and O–H groups in total. The molecule has 0 saturated heterocycles. The summed E-state index contributed by atoms with van der Waals surface area (Å²) in [6, 6.07) is 9.95. The molecule has 0 atom stereocenters. The molecule has 0 radical (unpaired) electrons. The van der Waals surface area contributed by atoms with Gasteiger partial charge in [-0.3, -0.25) is 9.69 Å². The lowest BCUT2D eigenvalue weighted by Gasteiger charge is -2.18. The summed E-state index contributed by atoms with van der Waals surface area (Å²) >= 11 is 1.56. The van der Waals surface area contributed by atoms with Crippen molar-refractivity contribution in [3.63, 3.8) is 0 Å². The number of anilines is 1. The SMILES string of the molecule is CCN(C(=O)CCc1c(C)nc2cc(C)nn2c1C)c1nc2ccccc2s1. The number of nitrogens with zero attached hydrogens (tertiary/aromatic N) is 5. The molecular formula is C21H23N5OS. The van der Waals surface area contributed by atoms with Crippen molar-refractivity contribution < 1.29 is 4.79 Å². The monoisotopic (exact) mass is 393 g/mol. The van der Waals surface area contributed by atoms with Crippen molar-refractivity contribution in [1.82, 2.24) is 19.6 Å². The molecule has 3 heterocycles. The number of aromatic nitrogens is 4. The van der Waals surface area contributed by atoms with Crippen LogP contribution in [0.5, 0.6) is 0 Å². The largest absolute Gasteiger partial charge is 0.288 e. The molecule has 0 bridgehead atoms. The van der Waals surface area contributed by atoms with E-state index in [4.69, 9.17) is 0 Å². The van der Waals surface area contributed by atoms with Gasteiger partial charge >= 0.3 is 0 Å². The van der Waals surface area contributed by atoms with Gasteiger partial charge in [-0.2, -0.15) is 5.10 Å². The van der Waals surface area contributed by atoms with E-state index in [1.165, 1.54) is 0 Å². The standard InChI is InChI=1S/C21H23N5OS/c1-5-25(21-23-17-8-6-7-9-18(17)28-21)20(27)11-10-16-14(3)22-19-12-13(2)24-26(19)15(16)4/h6-9,12H,5,10-11H2,1-4H3. The first-order chi connectivity index (χ1) is 13.5. The lowest BCUT2D eigenvalue weighted by Crippen LogP contribution is -2.30. The summed E-state index contributed by atoms with van der Waals surface area (Å²) in [5, 5.41) is 5.28. The summed E-state index contributed by atoms with van der Waals surface area (Å²) in [4.78, 5) is 24.0. The van der Waals surface area contributed by atoms with Crippen molar-refractivity contribution in [2.75, 3.05) is 11.4 Å². The van der Waals surface area contributed by atoms with Crippen LogP contribution < -0.4 is 4.90 Å². The molecule has 4 aromatic rings. The molecule has 0 aliphatic heterocycles. The molecule has 0 spiro atoms. The van der Waals surface area contributed by atoms with E-state index >= 15 is 0 Å². The Bertz CT molecular complexity index is 1140. The number of hydrogen-bond acceptors (Lipinski definition) is 5. The minimum Gasteiger partial charge on any atom is -0.288 e. The van der Waals surface area contributed by atoms with Crippen LogP contribution in [0.15, 0.2) is 30.3 Å². The highest BCUT2D eigenvalue weighted by Gasteiger charge is 2.19. The van der Waals surface area contributed by atoms with Gasteiger partial charge in [-0.1, -0.05) is 23.5 Å². The fraction of sp³-hybridized carbons (Fsp3) is 0.333. The van der Waals surface area contributed by atoms with Crippen LogP contribution in [0.3, 0.4) is 0 Å². The van der Waals surface area contributed by atoms with E-state index in [1.54, 1.807) is 16.2 Å². The first-order valence-electron chi connectivity index (χ1n) is 9.46. The van der Waals surface area contributed by atoms with Crippen molar-refractivity contribution in [2.24, 2.45) is 0 Å². The highest BCUT2D eigenvalue weighted by molar-refractivity contribution is 7.22. The van der Waals surface area contributed by atoms with Gasteiger partial charge in [0.15, 0.2) is 10.8 Å². The lowest BCUT2D eigenvalue weighted by atomic mass is 10.1. The van der Waals surface area contributed by atoms with Gasteiger partial charge in [0, 0.05) is 30.4 Å². The fourth-order valence-electron chi connectivity index (χ4n) is 3.56. The van der Waals surface area contributed by atoms with Crippen LogP contribution in [0, 0.1) is 20.8 Å². The summed E-state index contributed by atoms with van der Waals surface area (Å²) in [5.74, 6) is 0.0806. The number of aryl methyl sites for hydroxylation is 3. The van der Waals surface area contributed by atoms with Gasteiger partial charge in [0.2, 0.25) is 5.91 Å². The summed E-state index contributed by atoms with van der Waals surface area (Å²) < 4.78 is 2.96. The Morgan fingerprint density at radius 2 is 1.96 bits per heavy atom. The zero-order valence-electron chi connectivity index (χ0n) is 16.6. The molecule has 1 amide bonds.